The molecule has 2 aromatic carbocycles. The molecule has 0 bridgehead atoms. The van der Waals surface area contributed by atoms with Gasteiger partial charge in [-0.1, -0.05) is 37.3 Å². The number of aliphatic hydroxyl groups is 1. The van der Waals surface area contributed by atoms with Crippen LogP contribution in [0.2, 0.25) is 5.02 Å². The highest BCUT2D eigenvalue weighted by Gasteiger charge is 2.43. The quantitative estimate of drug-likeness (QED) is 0.511. The molecule has 0 amide bonds. The molecule has 29 heavy (non-hydrogen) atoms. The molecule has 1 heterocycles. The van der Waals surface area contributed by atoms with Gasteiger partial charge < -0.3 is 25.4 Å². The van der Waals surface area contributed by atoms with Gasteiger partial charge in [0.25, 0.3) is 0 Å². The minimum absolute atomic E-state index is 0.0246. The molecule has 0 fully saturated rings. The van der Waals surface area contributed by atoms with E-state index in [4.69, 9.17) is 26.8 Å². The Balaban J connectivity index is 1.95. The normalized spacial score (nSPS) is 15.3. The Morgan fingerprint density at radius 3 is 2.59 bits per heavy atom. The fraction of sp³-hybridized carbons (Fsp3) is 0.318. The Bertz CT molecular complexity index is 977. The number of benzene rings is 2. The number of hydrogen-bond acceptors (Lipinski definition) is 5. The number of aliphatic carboxylic acids is 1. The zero-order valence-corrected chi connectivity index (χ0v) is 16.9. The number of hydrogen-bond donors (Lipinski definition) is 3. The predicted octanol–water partition coefficient (Wildman–Crippen LogP) is 3.33. The second-order valence-corrected chi connectivity index (χ2v) is 7.67. The van der Waals surface area contributed by atoms with Gasteiger partial charge in [0.1, 0.15) is 11.5 Å². The van der Waals surface area contributed by atoms with Crippen molar-refractivity contribution in [2.24, 2.45) is 11.8 Å². The van der Waals surface area contributed by atoms with Gasteiger partial charge in [0.15, 0.2) is 11.5 Å². The van der Waals surface area contributed by atoms with Gasteiger partial charge in [0.2, 0.25) is 6.79 Å². The molecule has 0 saturated heterocycles. The number of carbonyl (C=O) groups is 1. The number of fused-ring (bicyclic) bond motifs is 1. The van der Waals surface area contributed by atoms with Crippen molar-refractivity contribution in [2.75, 3.05) is 12.5 Å². The van der Waals surface area contributed by atoms with Crippen molar-refractivity contribution in [3.8, 4) is 23.3 Å². The number of nitrogen functional groups attached to an aromatic ring is 1. The van der Waals surface area contributed by atoms with Gasteiger partial charge in [-0.15, -0.1) is 0 Å². The van der Waals surface area contributed by atoms with E-state index in [2.05, 4.69) is 11.8 Å². The van der Waals surface area contributed by atoms with E-state index in [9.17, 15) is 15.0 Å². The van der Waals surface area contributed by atoms with Gasteiger partial charge in [-0.05, 0) is 54.3 Å². The van der Waals surface area contributed by atoms with Gasteiger partial charge in [-0.2, -0.15) is 0 Å². The highest BCUT2D eigenvalue weighted by molar-refractivity contribution is 6.32. The van der Waals surface area contributed by atoms with E-state index in [0.29, 0.717) is 33.3 Å². The minimum Gasteiger partial charge on any atom is -0.481 e. The molecule has 0 aliphatic carbocycles. The monoisotopic (exact) mass is 415 g/mol. The van der Waals surface area contributed by atoms with Crippen LogP contribution in [0.4, 0.5) is 5.69 Å². The van der Waals surface area contributed by atoms with E-state index < -0.39 is 23.4 Å². The van der Waals surface area contributed by atoms with Gasteiger partial charge in [0.05, 0.1) is 5.02 Å². The van der Waals surface area contributed by atoms with E-state index in [-0.39, 0.29) is 13.2 Å². The number of rotatable bonds is 5. The zero-order valence-electron chi connectivity index (χ0n) is 16.1. The van der Waals surface area contributed by atoms with Crippen molar-refractivity contribution in [1.82, 2.24) is 0 Å². The maximum Gasteiger partial charge on any atom is 0.310 e. The third-order valence-electron chi connectivity index (χ3n) is 4.95. The van der Waals surface area contributed by atoms with Crippen LogP contribution < -0.4 is 15.2 Å². The van der Waals surface area contributed by atoms with Crippen LogP contribution in [-0.2, 0) is 11.2 Å². The Labute approximate surface area is 174 Å². The third-order valence-corrected chi connectivity index (χ3v) is 5.23. The average Bonchev–Trinajstić information content (AvgIpc) is 3.14. The lowest BCUT2D eigenvalue weighted by atomic mass is 9.76. The first-order valence-electron chi connectivity index (χ1n) is 9.12. The van der Waals surface area contributed by atoms with Gasteiger partial charge >= 0.3 is 5.97 Å². The molecule has 0 aromatic heterocycles. The summed E-state index contributed by atoms with van der Waals surface area (Å²) in [7, 11) is 0. The van der Waals surface area contributed by atoms with E-state index >= 15 is 0 Å². The molecule has 152 valence electrons. The summed E-state index contributed by atoms with van der Waals surface area (Å²) in [5, 5.41) is 21.5. The number of carboxylic acid groups (broad SMARTS) is 1. The van der Waals surface area contributed by atoms with Crippen molar-refractivity contribution in [3.63, 3.8) is 0 Å². The first kappa shape index (κ1) is 20.8. The second kappa shape index (κ2) is 8.24. The average molecular weight is 416 g/mol. The van der Waals surface area contributed by atoms with E-state index in [0.717, 1.165) is 0 Å². The summed E-state index contributed by atoms with van der Waals surface area (Å²) in [6, 6.07) is 10.1. The molecular formula is C22H22ClNO5. The molecule has 6 nitrogen and oxygen atoms in total. The van der Waals surface area contributed by atoms with Crippen LogP contribution in [0.25, 0.3) is 0 Å². The lowest BCUT2D eigenvalue weighted by Crippen LogP contribution is -2.46. The predicted molar refractivity (Wildman–Crippen MR) is 110 cm³/mol. The number of carboxylic acids is 1. The number of nitrogens with two attached hydrogens (primary N) is 1. The van der Waals surface area contributed by atoms with Crippen molar-refractivity contribution >= 4 is 23.3 Å². The fourth-order valence-electron chi connectivity index (χ4n) is 3.18. The Kier molecular flexibility index (Phi) is 5.92. The lowest BCUT2D eigenvalue weighted by Gasteiger charge is -2.33. The summed E-state index contributed by atoms with van der Waals surface area (Å²) in [5.41, 5.74) is 5.75. The van der Waals surface area contributed by atoms with Crippen LogP contribution in [0.1, 0.15) is 25.0 Å². The highest BCUT2D eigenvalue weighted by atomic mass is 35.5. The molecule has 0 radical (unpaired) electrons. The van der Waals surface area contributed by atoms with Crippen molar-refractivity contribution in [3.05, 3.63) is 52.5 Å². The molecule has 0 spiro atoms. The highest BCUT2D eigenvalue weighted by Crippen LogP contribution is 2.41. The summed E-state index contributed by atoms with van der Waals surface area (Å²) in [4.78, 5) is 12.1. The molecule has 1 aliphatic rings. The van der Waals surface area contributed by atoms with E-state index in [1.165, 1.54) is 0 Å². The first-order chi connectivity index (χ1) is 13.7. The maximum absolute atomic E-state index is 12.1. The fourth-order valence-corrected chi connectivity index (χ4v) is 3.47. The molecule has 0 unspecified atom stereocenters. The van der Waals surface area contributed by atoms with Crippen molar-refractivity contribution < 1.29 is 24.5 Å². The topological polar surface area (TPSA) is 102 Å². The Morgan fingerprint density at radius 1 is 1.28 bits per heavy atom. The van der Waals surface area contributed by atoms with Gasteiger partial charge in [-0.25, -0.2) is 0 Å². The van der Waals surface area contributed by atoms with Crippen LogP contribution in [0.5, 0.6) is 11.5 Å². The molecule has 4 N–H and O–H groups in total. The number of ether oxygens (including phenoxy) is 2. The molecule has 1 aliphatic heterocycles. The van der Waals surface area contributed by atoms with Crippen LogP contribution in [0.15, 0.2) is 36.4 Å². The molecule has 2 aromatic rings. The molecule has 7 heteroatoms. The number of halogens is 1. The standard InChI is InChI=1S/C22H22ClNO5/c1-13(2)22(27,8-7-14-3-5-16(24)6-4-14)17(21(25)26)9-15-10-18(23)20-19(11-15)28-12-29-20/h3-6,10-11,13,17,27H,9,12,24H2,1-2H3,(H,25,26)/t17-,22+/m1/s1. The van der Waals surface area contributed by atoms with E-state index in [1.54, 1.807) is 50.2 Å². The van der Waals surface area contributed by atoms with Crippen LogP contribution in [0.3, 0.4) is 0 Å². The Morgan fingerprint density at radius 2 is 1.97 bits per heavy atom. The molecule has 0 saturated carbocycles. The van der Waals surface area contributed by atoms with Crippen LogP contribution >= 0.6 is 11.6 Å². The zero-order chi connectivity index (χ0) is 21.2. The SMILES string of the molecule is CC(C)[C@@](O)(C#Cc1ccc(N)cc1)[C@H](Cc1cc(Cl)c2c(c1)OCO2)C(=O)O. The smallest absolute Gasteiger partial charge is 0.310 e. The Hall–Kier alpha value is -2.88. The third kappa shape index (κ3) is 4.42. The summed E-state index contributed by atoms with van der Waals surface area (Å²) in [6.07, 6.45) is 0.0246. The van der Waals surface area contributed by atoms with E-state index in [1.807, 2.05) is 0 Å². The minimum atomic E-state index is -1.77. The molecule has 3 rings (SSSR count). The summed E-state index contributed by atoms with van der Waals surface area (Å²) >= 11 is 6.22. The lowest BCUT2D eigenvalue weighted by molar-refractivity contribution is -0.150. The molecular weight excluding hydrogens is 394 g/mol. The summed E-state index contributed by atoms with van der Waals surface area (Å²) in [5.74, 6) is 3.80. The largest absolute Gasteiger partial charge is 0.481 e. The van der Waals surface area contributed by atoms with Crippen LogP contribution in [0, 0.1) is 23.7 Å². The summed E-state index contributed by atoms with van der Waals surface area (Å²) < 4.78 is 10.6. The maximum atomic E-state index is 12.1. The van der Waals surface area contributed by atoms with Crippen molar-refractivity contribution in [1.29, 1.82) is 0 Å². The van der Waals surface area contributed by atoms with Gasteiger partial charge in [-0.3, -0.25) is 4.79 Å². The summed E-state index contributed by atoms with van der Waals surface area (Å²) in [6.45, 7) is 3.53. The first-order valence-corrected chi connectivity index (χ1v) is 9.50. The van der Waals surface area contributed by atoms with Crippen molar-refractivity contribution in [2.45, 2.75) is 25.9 Å². The van der Waals surface area contributed by atoms with Gasteiger partial charge in [0, 0.05) is 11.3 Å². The van der Waals surface area contributed by atoms with Crippen LogP contribution in [-0.4, -0.2) is 28.6 Å². The number of anilines is 1. The molecule has 2 atom stereocenters. The second-order valence-electron chi connectivity index (χ2n) is 7.26.